The van der Waals surface area contributed by atoms with Crippen molar-refractivity contribution in [2.24, 2.45) is 0 Å². The van der Waals surface area contributed by atoms with E-state index in [2.05, 4.69) is 25.7 Å². The topological polar surface area (TPSA) is 56.3 Å². The number of rotatable bonds is 5. The molecule has 0 aliphatic carbocycles. The van der Waals surface area contributed by atoms with Crippen LogP contribution in [-0.4, -0.2) is 32.8 Å². The molecule has 0 saturated heterocycles. The van der Waals surface area contributed by atoms with Crippen LogP contribution in [0.15, 0.2) is 59.7 Å². The van der Waals surface area contributed by atoms with Crippen LogP contribution in [0.25, 0.3) is 0 Å². The Bertz CT molecular complexity index is 739. The van der Waals surface area contributed by atoms with Gasteiger partial charge in [-0.3, -0.25) is 9.58 Å². The van der Waals surface area contributed by atoms with Crippen LogP contribution < -0.4 is 4.74 Å². The van der Waals surface area contributed by atoms with Crippen LogP contribution in [-0.2, 0) is 13.1 Å². The van der Waals surface area contributed by atoms with Gasteiger partial charge >= 0.3 is 0 Å². The first-order valence-electron chi connectivity index (χ1n) is 7.68. The van der Waals surface area contributed by atoms with Crippen molar-refractivity contribution in [1.82, 2.24) is 19.7 Å². The minimum Gasteiger partial charge on any atom is -0.475 e. The van der Waals surface area contributed by atoms with Gasteiger partial charge < -0.3 is 9.15 Å². The average Bonchev–Trinajstić information content (AvgIpc) is 3.25. The Morgan fingerprint density at radius 1 is 1.22 bits per heavy atom. The van der Waals surface area contributed by atoms with Crippen molar-refractivity contribution in [1.29, 1.82) is 0 Å². The van der Waals surface area contributed by atoms with Crippen LogP contribution in [0, 0.1) is 0 Å². The third kappa shape index (κ3) is 3.12. The average molecular weight is 310 g/mol. The molecule has 0 unspecified atom stereocenters. The summed E-state index contributed by atoms with van der Waals surface area (Å²) in [5, 5.41) is 4.45. The summed E-state index contributed by atoms with van der Waals surface area (Å²) >= 11 is 0. The predicted molar refractivity (Wildman–Crippen MR) is 83.8 cm³/mol. The zero-order chi connectivity index (χ0) is 15.5. The van der Waals surface area contributed by atoms with E-state index in [1.165, 1.54) is 11.3 Å². The maximum absolute atomic E-state index is 5.84. The number of pyridine rings is 1. The molecular formula is C17H18N4O2. The number of nitrogens with zero attached hydrogens (tertiary/aromatic N) is 4. The van der Waals surface area contributed by atoms with Gasteiger partial charge in [-0.15, -0.1) is 0 Å². The van der Waals surface area contributed by atoms with Crippen molar-refractivity contribution in [3.8, 4) is 5.88 Å². The molecule has 4 rings (SSSR count). The van der Waals surface area contributed by atoms with E-state index in [4.69, 9.17) is 9.15 Å². The Balaban J connectivity index is 1.47. The zero-order valence-corrected chi connectivity index (χ0v) is 12.7. The van der Waals surface area contributed by atoms with Gasteiger partial charge in [0, 0.05) is 43.7 Å². The van der Waals surface area contributed by atoms with Gasteiger partial charge in [0.1, 0.15) is 6.61 Å². The molecule has 1 aliphatic rings. The first-order valence-corrected chi connectivity index (χ1v) is 7.68. The Labute approximate surface area is 134 Å². The van der Waals surface area contributed by atoms with Crippen LogP contribution in [0.2, 0.25) is 0 Å². The molecule has 0 N–H and O–H groups in total. The van der Waals surface area contributed by atoms with E-state index in [-0.39, 0.29) is 6.04 Å². The molecule has 0 fully saturated rings. The molecule has 0 bridgehead atoms. The van der Waals surface area contributed by atoms with Crippen molar-refractivity contribution < 1.29 is 9.15 Å². The fourth-order valence-electron chi connectivity index (χ4n) is 2.96. The smallest absolute Gasteiger partial charge is 0.213 e. The Kier molecular flexibility index (Phi) is 3.81. The minimum absolute atomic E-state index is 0.169. The SMILES string of the molecule is c1ccc(OC[C@H]2CN(Cc3ccoc3)Cc3ccnn32)nc1. The molecule has 0 amide bonds. The summed E-state index contributed by atoms with van der Waals surface area (Å²) in [6.45, 7) is 3.17. The van der Waals surface area contributed by atoms with Gasteiger partial charge in [0.05, 0.1) is 24.3 Å². The predicted octanol–water partition coefficient (Wildman–Crippen LogP) is 2.51. The zero-order valence-electron chi connectivity index (χ0n) is 12.7. The lowest BCUT2D eigenvalue weighted by molar-refractivity contribution is 0.125. The molecule has 23 heavy (non-hydrogen) atoms. The van der Waals surface area contributed by atoms with E-state index in [1.54, 1.807) is 18.7 Å². The molecule has 1 atom stereocenters. The number of furan rings is 1. The molecule has 6 heteroatoms. The lowest BCUT2D eigenvalue weighted by atomic mass is 10.2. The lowest BCUT2D eigenvalue weighted by Gasteiger charge is -2.33. The van der Waals surface area contributed by atoms with Crippen LogP contribution >= 0.6 is 0 Å². The van der Waals surface area contributed by atoms with Gasteiger partial charge in [0.15, 0.2) is 0 Å². The number of aromatic nitrogens is 3. The highest BCUT2D eigenvalue weighted by Gasteiger charge is 2.26. The Morgan fingerprint density at radius 2 is 2.22 bits per heavy atom. The van der Waals surface area contributed by atoms with Gasteiger partial charge in [-0.05, 0) is 18.2 Å². The fraction of sp³-hybridized carbons (Fsp3) is 0.294. The van der Waals surface area contributed by atoms with Gasteiger partial charge in [0.25, 0.3) is 0 Å². The van der Waals surface area contributed by atoms with Gasteiger partial charge in [-0.25, -0.2) is 4.98 Å². The Hall–Kier alpha value is -2.60. The van der Waals surface area contributed by atoms with E-state index < -0.39 is 0 Å². The Morgan fingerprint density at radius 3 is 3.04 bits per heavy atom. The molecule has 4 heterocycles. The van der Waals surface area contributed by atoms with Gasteiger partial charge in [-0.2, -0.15) is 5.10 Å². The van der Waals surface area contributed by atoms with E-state index in [0.29, 0.717) is 12.5 Å². The van der Waals surface area contributed by atoms with Crippen LogP contribution in [0.4, 0.5) is 0 Å². The van der Waals surface area contributed by atoms with Gasteiger partial charge in [0.2, 0.25) is 5.88 Å². The molecule has 0 radical (unpaired) electrons. The molecule has 118 valence electrons. The summed E-state index contributed by atoms with van der Waals surface area (Å²) in [5.41, 5.74) is 2.39. The van der Waals surface area contributed by atoms with Crippen molar-refractivity contribution >= 4 is 0 Å². The highest BCUT2D eigenvalue weighted by molar-refractivity contribution is 5.11. The minimum atomic E-state index is 0.169. The molecular weight excluding hydrogens is 292 g/mol. The molecule has 6 nitrogen and oxygen atoms in total. The highest BCUT2D eigenvalue weighted by atomic mass is 16.5. The highest BCUT2D eigenvalue weighted by Crippen LogP contribution is 2.22. The third-order valence-electron chi connectivity index (χ3n) is 4.00. The second-order valence-electron chi connectivity index (χ2n) is 5.70. The molecule has 3 aromatic heterocycles. The lowest BCUT2D eigenvalue weighted by Crippen LogP contribution is -2.39. The maximum atomic E-state index is 5.84. The van der Waals surface area contributed by atoms with Crippen molar-refractivity contribution in [3.63, 3.8) is 0 Å². The second kappa shape index (κ2) is 6.26. The van der Waals surface area contributed by atoms with E-state index in [9.17, 15) is 0 Å². The molecule has 3 aromatic rings. The summed E-state index contributed by atoms with van der Waals surface area (Å²) < 4.78 is 13.1. The summed E-state index contributed by atoms with van der Waals surface area (Å²) in [6.07, 6.45) is 7.10. The molecule has 0 saturated carbocycles. The summed E-state index contributed by atoms with van der Waals surface area (Å²) in [4.78, 5) is 6.59. The quantitative estimate of drug-likeness (QED) is 0.725. The molecule has 0 spiro atoms. The monoisotopic (exact) mass is 310 g/mol. The van der Waals surface area contributed by atoms with E-state index in [0.717, 1.165) is 19.6 Å². The van der Waals surface area contributed by atoms with Crippen molar-refractivity contribution in [3.05, 3.63) is 66.5 Å². The molecule has 1 aliphatic heterocycles. The summed E-state index contributed by atoms with van der Waals surface area (Å²) in [6, 6.07) is 9.92. The van der Waals surface area contributed by atoms with E-state index >= 15 is 0 Å². The second-order valence-corrected chi connectivity index (χ2v) is 5.70. The fourth-order valence-corrected chi connectivity index (χ4v) is 2.96. The first kappa shape index (κ1) is 14.0. The summed E-state index contributed by atoms with van der Waals surface area (Å²) in [5.74, 6) is 0.646. The number of fused-ring (bicyclic) bond motifs is 1. The number of hydrogen-bond donors (Lipinski definition) is 0. The summed E-state index contributed by atoms with van der Waals surface area (Å²) in [7, 11) is 0. The number of ether oxygens (including phenoxy) is 1. The third-order valence-corrected chi connectivity index (χ3v) is 4.00. The van der Waals surface area contributed by atoms with Crippen LogP contribution in [0.1, 0.15) is 17.3 Å². The van der Waals surface area contributed by atoms with Crippen LogP contribution in [0.5, 0.6) is 5.88 Å². The van der Waals surface area contributed by atoms with Gasteiger partial charge in [-0.1, -0.05) is 6.07 Å². The first-order chi connectivity index (χ1) is 11.4. The van der Waals surface area contributed by atoms with Crippen LogP contribution in [0.3, 0.4) is 0 Å². The van der Waals surface area contributed by atoms with Crippen molar-refractivity contribution in [2.75, 3.05) is 13.2 Å². The van der Waals surface area contributed by atoms with E-state index in [1.807, 2.05) is 30.5 Å². The normalized spacial score (nSPS) is 17.8. The standard InChI is InChI=1S/C17H18N4O2/c1-2-6-18-17(3-1)23-13-16-11-20(9-14-5-8-22-12-14)10-15-4-7-19-21(15)16/h1-8,12,16H,9-11,13H2/t16-/m1/s1. The molecule has 0 aromatic carbocycles. The number of hydrogen-bond acceptors (Lipinski definition) is 5. The van der Waals surface area contributed by atoms with Crippen molar-refractivity contribution in [2.45, 2.75) is 19.1 Å². The maximum Gasteiger partial charge on any atom is 0.213 e. The largest absolute Gasteiger partial charge is 0.475 e.